The van der Waals surface area contributed by atoms with E-state index in [9.17, 15) is 13.2 Å². The van der Waals surface area contributed by atoms with Gasteiger partial charge in [0.15, 0.2) is 0 Å². The highest BCUT2D eigenvalue weighted by atomic mass is 32.2. The van der Waals surface area contributed by atoms with E-state index in [2.05, 4.69) is 10.6 Å². The van der Waals surface area contributed by atoms with Crippen molar-refractivity contribution in [2.75, 3.05) is 43.4 Å². The van der Waals surface area contributed by atoms with Crippen LogP contribution in [0.25, 0.3) is 0 Å². The SMILES string of the molecule is COC(=O)c1c(N(C)S(=O)(=O)c2ccccc2NCC2CCNCC2)ccc2c1CCCC2. The van der Waals surface area contributed by atoms with Gasteiger partial charge in [-0.1, -0.05) is 18.2 Å². The van der Waals surface area contributed by atoms with E-state index in [1.54, 1.807) is 24.3 Å². The van der Waals surface area contributed by atoms with Gasteiger partial charge in [0, 0.05) is 13.6 Å². The van der Waals surface area contributed by atoms with Gasteiger partial charge in [-0.25, -0.2) is 13.2 Å². The molecule has 1 aliphatic heterocycles. The molecule has 2 aromatic carbocycles. The van der Waals surface area contributed by atoms with Crippen LogP contribution in [-0.4, -0.2) is 48.2 Å². The molecule has 33 heavy (non-hydrogen) atoms. The Bertz CT molecular complexity index is 1110. The van der Waals surface area contributed by atoms with Crippen molar-refractivity contribution in [2.45, 2.75) is 43.4 Å². The summed E-state index contributed by atoms with van der Waals surface area (Å²) in [7, 11) is -1.07. The van der Waals surface area contributed by atoms with Crippen molar-refractivity contribution in [3.8, 4) is 0 Å². The molecular formula is C25H33N3O4S. The number of ether oxygens (including phenoxy) is 1. The molecule has 7 nitrogen and oxygen atoms in total. The summed E-state index contributed by atoms with van der Waals surface area (Å²) in [5, 5.41) is 6.72. The van der Waals surface area contributed by atoms with Gasteiger partial charge in [0.25, 0.3) is 10.0 Å². The van der Waals surface area contributed by atoms with Crippen LogP contribution in [0.2, 0.25) is 0 Å². The number of rotatable bonds is 7. The molecule has 0 amide bonds. The minimum atomic E-state index is -3.92. The zero-order valence-electron chi connectivity index (χ0n) is 19.4. The number of aryl methyl sites for hydroxylation is 1. The number of anilines is 2. The molecule has 0 saturated carbocycles. The molecule has 2 aliphatic rings. The number of nitrogens with one attached hydrogen (secondary N) is 2. The fraction of sp³-hybridized carbons (Fsp3) is 0.480. The molecule has 0 unspecified atom stereocenters. The van der Waals surface area contributed by atoms with E-state index in [0.717, 1.165) is 69.3 Å². The summed E-state index contributed by atoms with van der Waals surface area (Å²) in [5.41, 5.74) is 3.31. The Balaban J connectivity index is 1.68. The lowest BCUT2D eigenvalue weighted by molar-refractivity contribution is 0.0600. The summed E-state index contributed by atoms with van der Waals surface area (Å²) in [6.45, 7) is 2.71. The molecule has 178 valence electrons. The Labute approximate surface area is 196 Å². The minimum absolute atomic E-state index is 0.204. The molecule has 2 N–H and O–H groups in total. The molecule has 8 heteroatoms. The molecule has 4 rings (SSSR count). The fourth-order valence-electron chi connectivity index (χ4n) is 4.86. The van der Waals surface area contributed by atoms with Gasteiger partial charge < -0.3 is 15.4 Å². The van der Waals surface area contributed by atoms with Gasteiger partial charge in [0.05, 0.1) is 24.0 Å². The van der Waals surface area contributed by atoms with Crippen molar-refractivity contribution >= 4 is 27.4 Å². The average molecular weight is 472 g/mol. The summed E-state index contributed by atoms with van der Waals surface area (Å²) in [5.74, 6) is 0.00873. The molecular weight excluding hydrogens is 438 g/mol. The number of carbonyl (C=O) groups is 1. The van der Waals surface area contributed by atoms with Crippen LogP contribution in [0, 0.1) is 5.92 Å². The lowest BCUT2D eigenvalue weighted by atomic mass is 9.87. The topological polar surface area (TPSA) is 87.7 Å². The van der Waals surface area contributed by atoms with E-state index in [-0.39, 0.29) is 4.90 Å². The van der Waals surface area contributed by atoms with Crippen LogP contribution in [-0.2, 0) is 27.6 Å². The number of para-hydroxylation sites is 1. The quantitative estimate of drug-likeness (QED) is 0.600. The van der Waals surface area contributed by atoms with Crippen LogP contribution >= 0.6 is 0 Å². The molecule has 0 aromatic heterocycles. The van der Waals surface area contributed by atoms with E-state index in [1.807, 2.05) is 12.1 Å². The molecule has 1 aliphatic carbocycles. The van der Waals surface area contributed by atoms with Gasteiger partial charge in [0.1, 0.15) is 4.90 Å². The Hall–Kier alpha value is -2.58. The van der Waals surface area contributed by atoms with Crippen molar-refractivity contribution in [3.63, 3.8) is 0 Å². The zero-order valence-corrected chi connectivity index (χ0v) is 20.2. The van der Waals surface area contributed by atoms with Crippen molar-refractivity contribution in [2.24, 2.45) is 5.92 Å². The number of methoxy groups -OCH3 is 1. The van der Waals surface area contributed by atoms with E-state index in [0.29, 0.717) is 22.9 Å². The summed E-state index contributed by atoms with van der Waals surface area (Å²) in [6, 6.07) is 10.7. The predicted octanol–water partition coefficient (Wildman–Crippen LogP) is 3.59. The highest BCUT2D eigenvalue weighted by molar-refractivity contribution is 7.93. The fourth-order valence-corrected chi connectivity index (χ4v) is 6.24. The number of nitrogens with zero attached hydrogens (tertiary/aromatic N) is 1. The van der Waals surface area contributed by atoms with Gasteiger partial charge in [-0.3, -0.25) is 4.31 Å². The smallest absolute Gasteiger partial charge is 0.340 e. The highest BCUT2D eigenvalue weighted by Crippen LogP contribution is 2.35. The first kappa shape index (κ1) is 23.6. The molecule has 1 fully saturated rings. The van der Waals surface area contributed by atoms with Gasteiger partial charge in [-0.15, -0.1) is 0 Å². The van der Waals surface area contributed by atoms with Gasteiger partial charge in [-0.2, -0.15) is 0 Å². The number of hydrogen-bond donors (Lipinski definition) is 2. The van der Waals surface area contributed by atoms with Crippen molar-refractivity contribution in [3.05, 3.63) is 53.1 Å². The van der Waals surface area contributed by atoms with Crippen LogP contribution in [0.5, 0.6) is 0 Å². The number of hydrogen-bond acceptors (Lipinski definition) is 6. The van der Waals surface area contributed by atoms with E-state index < -0.39 is 16.0 Å². The van der Waals surface area contributed by atoms with Crippen LogP contribution in [0.15, 0.2) is 41.3 Å². The molecule has 0 radical (unpaired) electrons. The predicted molar refractivity (Wildman–Crippen MR) is 131 cm³/mol. The maximum absolute atomic E-state index is 13.8. The van der Waals surface area contributed by atoms with Crippen LogP contribution in [0.1, 0.15) is 47.2 Å². The summed E-state index contributed by atoms with van der Waals surface area (Å²) < 4.78 is 33.8. The third-order valence-electron chi connectivity index (χ3n) is 6.81. The Kier molecular flexibility index (Phi) is 7.24. The second-order valence-corrected chi connectivity index (χ2v) is 10.8. The van der Waals surface area contributed by atoms with Crippen molar-refractivity contribution in [1.29, 1.82) is 0 Å². The standard InChI is InChI=1S/C25H33N3O4S/c1-28(22-12-11-19-7-3-4-8-20(19)24(22)25(29)32-2)33(30,31)23-10-6-5-9-21(23)27-17-18-13-15-26-16-14-18/h5-6,9-12,18,26-27H,3-4,7-8,13-17H2,1-2H3. The number of benzene rings is 2. The second-order valence-electron chi connectivity index (χ2n) is 8.84. The summed E-state index contributed by atoms with van der Waals surface area (Å²) in [4.78, 5) is 13.0. The highest BCUT2D eigenvalue weighted by Gasteiger charge is 2.31. The third kappa shape index (κ3) is 4.87. The number of carbonyl (C=O) groups excluding carboxylic acids is 1. The first-order valence-corrected chi connectivity index (χ1v) is 13.1. The molecule has 1 heterocycles. The molecule has 0 atom stereocenters. The number of sulfonamides is 1. The van der Waals surface area contributed by atoms with E-state index in [4.69, 9.17) is 4.74 Å². The van der Waals surface area contributed by atoms with Crippen LogP contribution in [0.4, 0.5) is 11.4 Å². The maximum Gasteiger partial charge on any atom is 0.340 e. The molecule has 2 aromatic rings. The van der Waals surface area contributed by atoms with Gasteiger partial charge in [0.2, 0.25) is 0 Å². The maximum atomic E-state index is 13.8. The lowest BCUT2D eigenvalue weighted by Gasteiger charge is -2.27. The van der Waals surface area contributed by atoms with E-state index >= 15 is 0 Å². The zero-order chi connectivity index (χ0) is 23.4. The average Bonchev–Trinajstić information content (AvgIpc) is 2.86. The summed E-state index contributed by atoms with van der Waals surface area (Å²) in [6.07, 6.45) is 5.81. The van der Waals surface area contributed by atoms with Crippen molar-refractivity contribution in [1.82, 2.24) is 5.32 Å². The van der Waals surface area contributed by atoms with Crippen molar-refractivity contribution < 1.29 is 17.9 Å². The van der Waals surface area contributed by atoms with Crippen LogP contribution < -0.4 is 14.9 Å². The Morgan fingerprint density at radius 3 is 2.61 bits per heavy atom. The van der Waals surface area contributed by atoms with E-state index in [1.165, 1.54) is 18.5 Å². The Morgan fingerprint density at radius 1 is 1.12 bits per heavy atom. The number of piperidine rings is 1. The molecule has 0 bridgehead atoms. The van der Waals surface area contributed by atoms with Gasteiger partial charge in [-0.05, 0) is 86.9 Å². The minimum Gasteiger partial charge on any atom is -0.465 e. The monoisotopic (exact) mass is 471 g/mol. The lowest BCUT2D eigenvalue weighted by Crippen LogP contribution is -2.32. The largest absolute Gasteiger partial charge is 0.465 e. The normalized spacial score (nSPS) is 16.7. The second kappa shape index (κ2) is 10.1. The molecule has 0 spiro atoms. The number of fused-ring (bicyclic) bond motifs is 1. The van der Waals surface area contributed by atoms with Crippen LogP contribution in [0.3, 0.4) is 0 Å². The first-order chi connectivity index (χ1) is 15.9. The Morgan fingerprint density at radius 2 is 1.85 bits per heavy atom. The number of esters is 1. The molecule has 1 saturated heterocycles. The third-order valence-corrected chi connectivity index (χ3v) is 8.63. The summed E-state index contributed by atoms with van der Waals surface area (Å²) >= 11 is 0. The van der Waals surface area contributed by atoms with Gasteiger partial charge >= 0.3 is 5.97 Å². The first-order valence-electron chi connectivity index (χ1n) is 11.7.